The van der Waals surface area contributed by atoms with Crippen LogP contribution in [0.3, 0.4) is 0 Å². The van der Waals surface area contributed by atoms with Crippen molar-refractivity contribution in [2.24, 2.45) is 5.10 Å². The van der Waals surface area contributed by atoms with Gasteiger partial charge in [-0.15, -0.1) is 5.10 Å². The van der Waals surface area contributed by atoms with Crippen molar-refractivity contribution in [3.05, 3.63) is 59.2 Å². The number of aryl methyl sites for hydroxylation is 1. The summed E-state index contributed by atoms with van der Waals surface area (Å²) in [6.07, 6.45) is 0. The summed E-state index contributed by atoms with van der Waals surface area (Å²) in [5, 5.41) is 8.22. The highest BCUT2D eigenvalue weighted by Gasteiger charge is 2.32. The summed E-state index contributed by atoms with van der Waals surface area (Å²) in [5.41, 5.74) is 3.09. The Kier molecular flexibility index (Phi) is 6.99. The third-order valence-corrected chi connectivity index (χ3v) is 5.42. The Bertz CT molecular complexity index is 959. The molecule has 0 fully saturated rings. The highest BCUT2D eigenvalue weighted by molar-refractivity contribution is 8.14. The fourth-order valence-electron chi connectivity index (χ4n) is 2.89. The SMILES string of the molecule is CCOc1cc([C@@H]2SC(NC(C)=O)=NN2C(C)=O)ccc1OCc1ccc(C)cc1. The van der Waals surface area contributed by atoms with E-state index >= 15 is 0 Å². The first-order valence-electron chi connectivity index (χ1n) is 9.65. The van der Waals surface area contributed by atoms with Gasteiger partial charge in [-0.3, -0.25) is 9.59 Å². The average molecular weight is 428 g/mol. The van der Waals surface area contributed by atoms with Crippen LogP contribution in [0, 0.1) is 6.92 Å². The monoisotopic (exact) mass is 427 g/mol. The molecule has 0 radical (unpaired) electrons. The molecule has 158 valence electrons. The minimum absolute atomic E-state index is 0.217. The van der Waals surface area contributed by atoms with Gasteiger partial charge in [0, 0.05) is 13.8 Å². The van der Waals surface area contributed by atoms with Crippen LogP contribution in [0.15, 0.2) is 47.6 Å². The lowest BCUT2D eigenvalue weighted by Crippen LogP contribution is -2.25. The van der Waals surface area contributed by atoms with Gasteiger partial charge in [-0.2, -0.15) is 0 Å². The number of hydrogen-bond acceptors (Lipinski definition) is 6. The van der Waals surface area contributed by atoms with E-state index in [9.17, 15) is 9.59 Å². The zero-order valence-electron chi connectivity index (χ0n) is 17.5. The molecule has 1 atom stereocenters. The molecule has 7 nitrogen and oxygen atoms in total. The second-order valence-electron chi connectivity index (χ2n) is 6.83. The number of hydrazone groups is 1. The molecular weight excluding hydrogens is 402 g/mol. The second-order valence-corrected chi connectivity index (χ2v) is 7.90. The number of carbonyl (C=O) groups excluding carboxylic acids is 2. The molecule has 30 heavy (non-hydrogen) atoms. The highest BCUT2D eigenvalue weighted by atomic mass is 32.2. The van der Waals surface area contributed by atoms with Gasteiger partial charge in [0.05, 0.1) is 6.61 Å². The van der Waals surface area contributed by atoms with Crippen LogP contribution < -0.4 is 14.8 Å². The van der Waals surface area contributed by atoms with Gasteiger partial charge in [0.2, 0.25) is 11.8 Å². The van der Waals surface area contributed by atoms with Crippen LogP contribution in [0.4, 0.5) is 0 Å². The van der Waals surface area contributed by atoms with E-state index in [1.165, 1.54) is 36.2 Å². The fraction of sp³-hybridized carbons (Fsp3) is 0.318. The van der Waals surface area contributed by atoms with E-state index in [2.05, 4.69) is 10.4 Å². The van der Waals surface area contributed by atoms with E-state index < -0.39 is 5.37 Å². The zero-order valence-corrected chi connectivity index (χ0v) is 18.3. The summed E-state index contributed by atoms with van der Waals surface area (Å²) in [4.78, 5) is 23.4. The average Bonchev–Trinajstić information content (AvgIpc) is 3.12. The highest BCUT2D eigenvalue weighted by Crippen LogP contribution is 2.41. The number of nitrogens with zero attached hydrogens (tertiary/aromatic N) is 2. The Balaban J connectivity index is 1.80. The number of amidine groups is 1. The minimum Gasteiger partial charge on any atom is -0.490 e. The molecule has 1 N–H and O–H groups in total. The number of rotatable bonds is 6. The minimum atomic E-state index is -0.394. The summed E-state index contributed by atoms with van der Waals surface area (Å²) in [6.45, 7) is 7.70. The van der Waals surface area contributed by atoms with E-state index in [1.807, 2.05) is 56.3 Å². The molecule has 0 saturated heterocycles. The first-order valence-corrected chi connectivity index (χ1v) is 10.5. The maximum Gasteiger partial charge on any atom is 0.241 e. The lowest BCUT2D eigenvalue weighted by molar-refractivity contribution is -0.129. The molecule has 8 heteroatoms. The molecule has 0 aliphatic carbocycles. The van der Waals surface area contributed by atoms with Crippen molar-refractivity contribution in [2.75, 3.05) is 6.61 Å². The first kappa shape index (κ1) is 21.7. The van der Waals surface area contributed by atoms with Gasteiger partial charge in [0.25, 0.3) is 0 Å². The van der Waals surface area contributed by atoms with Crippen LogP contribution in [0.25, 0.3) is 0 Å². The third-order valence-electron chi connectivity index (χ3n) is 4.32. The number of nitrogens with one attached hydrogen (secondary N) is 1. The molecule has 0 unspecified atom stereocenters. The molecule has 0 spiro atoms. The summed E-state index contributed by atoms with van der Waals surface area (Å²) in [5.74, 6) is 0.770. The van der Waals surface area contributed by atoms with Crippen molar-refractivity contribution in [1.29, 1.82) is 0 Å². The molecule has 2 aromatic rings. The Hall–Kier alpha value is -3.00. The molecule has 0 aromatic heterocycles. The van der Waals surface area contributed by atoms with Crippen molar-refractivity contribution in [2.45, 2.75) is 39.7 Å². The van der Waals surface area contributed by atoms with Crippen molar-refractivity contribution < 1.29 is 19.1 Å². The predicted molar refractivity (Wildman–Crippen MR) is 117 cm³/mol. The maximum absolute atomic E-state index is 12.1. The normalized spacial score (nSPS) is 15.5. The fourth-order valence-corrected chi connectivity index (χ4v) is 4.02. The molecule has 2 amide bonds. The Morgan fingerprint density at radius 2 is 1.83 bits per heavy atom. The van der Waals surface area contributed by atoms with E-state index in [4.69, 9.17) is 9.47 Å². The number of thioether (sulfide) groups is 1. The van der Waals surface area contributed by atoms with E-state index in [-0.39, 0.29) is 11.8 Å². The van der Waals surface area contributed by atoms with Crippen molar-refractivity contribution >= 4 is 28.7 Å². The summed E-state index contributed by atoms with van der Waals surface area (Å²) < 4.78 is 11.8. The number of carbonyl (C=O) groups is 2. The van der Waals surface area contributed by atoms with Gasteiger partial charge in [-0.25, -0.2) is 5.01 Å². The molecular formula is C22H25N3O4S. The van der Waals surface area contributed by atoms with Crippen LogP contribution in [0.5, 0.6) is 11.5 Å². The van der Waals surface area contributed by atoms with Crippen LogP contribution in [-0.4, -0.2) is 28.6 Å². The summed E-state index contributed by atoms with van der Waals surface area (Å²) in [7, 11) is 0. The Labute approximate surface area is 180 Å². The van der Waals surface area contributed by atoms with Gasteiger partial charge in [0.1, 0.15) is 12.0 Å². The smallest absolute Gasteiger partial charge is 0.241 e. The van der Waals surface area contributed by atoms with Gasteiger partial charge in [-0.1, -0.05) is 47.7 Å². The van der Waals surface area contributed by atoms with E-state index in [0.717, 1.165) is 11.1 Å². The summed E-state index contributed by atoms with van der Waals surface area (Å²) in [6, 6.07) is 13.7. The second kappa shape index (κ2) is 9.67. The summed E-state index contributed by atoms with van der Waals surface area (Å²) >= 11 is 1.30. The van der Waals surface area contributed by atoms with Crippen molar-refractivity contribution in [3.8, 4) is 11.5 Å². The van der Waals surface area contributed by atoms with Crippen LogP contribution in [0.2, 0.25) is 0 Å². The van der Waals surface area contributed by atoms with Gasteiger partial charge in [0.15, 0.2) is 16.7 Å². The molecule has 0 bridgehead atoms. The van der Waals surface area contributed by atoms with E-state index in [0.29, 0.717) is 29.9 Å². The molecule has 1 heterocycles. The largest absolute Gasteiger partial charge is 0.490 e. The van der Waals surface area contributed by atoms with Crippen molar-refractivity contribution in [1.82, 2.24) is 10.3 Å². The molecule has 0 saturated carbocycles. The third kappa shape index (κ3) is 5.33. The van der Waals surface area contributed by atoms with Crippen LogP contribution in [0.1, 0.15) is 42.8 Å². The van der Waals surface area contributed by atoms with Crippen LogP contribution in [-0.2, 0) is 16.2 Å². The van der Waals surface area contributed by atoms with Crippen LogP contribution >= 0.6 is 11.8 Å². The number of hydrogen-bond donors (Lipinski definition) is 1. The van der Waals surface area contributed by atoms with Gasteiger partial charge < -0.3 is 14.8 Å². The van der Waals surface area contributed by atoms with Crippen molar-refractivity contribution in [3.63, 3.8) is 0 Å². The number of benzene rings is 2. The molecule has 2 aromatic carbocycles. The maximum atomic E-state index is 12.1. The lowest BCUT2D eigenvalue weighted by atomic mass is 10.1. The quantitative estimate of drug-likeness (QED) is 0.754. The Morgan fingerprint density at radius 3 is 2.47 bits per heavy atom. The standard InChI is InChI=1S/C22H25N3O4S/c1-5-28-20-12-18(21-25(16(4)27)24-22(30-21)23-15(3)26)10-11-19(20)29-13-17-8-6-14(2)7-9-17/h6-12,21H,5,13H2,1-4H3,(H,23,24,26)/t21-/m0/s1. The zero-order chi connectivity index (χ0) is 21.7. The number of amides is 2. The predicted octanol–water partition coefficient (Wildman–Crippen LogP) is 3.97. The molecule has 3 rings (SSSR count). The first-order chi connectivity index (χ1) is 14.4. The van der Waals surface area contributed by atoms with E-state index in [1.54, 1.807) is 0 Å². The Morgan fingerprint density at radius 1 is 1.10 bits per heavy atom. The topological polar surface area (TPSA) is 80.2 Å². The number of ether oxygens (including phenoxy) is 2. The molecule has 1 aliphatic rings. The lowest BCUT2D eigenvalue weighted by Gasteiger charge is -2.21. The van der Waals surface area contributed by atoms with Gasteiger partial charge in [-0.05, 0) is 37.1 Å². The molecule has 1 aliphatic heterocycles. The van der Waals surface area contributed by atoms with Gasteiger partial charge >= 0.3 is 0 Å².